The summed E-state index contributed by atoms with van der Waals surface area (Å²) in [4.78, 5) is 66.1. The number of hydrogen-bond donors (Lipinski definition) is 0. The van der Waals surface area contributed by atoms with E-state index in [1.165, 1.54) is 26.4 Å². The molecule has 0 bridgehead atoms. The van der Waals surface area contributed by atoms with Crippen molar-refractivity contribution < 1.29 is 75.0 Å². The van der Waals surface area contributed by atoms with Gasteiger partial charge in [-0.1, -0.05) is 96.6 Å². The largest absolute Gasteiger partial charge is 0.459 e. The van der Waals surface area contributed by atoms with Crippen LogP contribution in [0.3, 0.4) is 0 Å². The molecule has 1 saturated heterocycles. The number of rotatable bonds is 25. The lowest BCUT2D eigenvalue weighted by Gasteiger charge is -2.36. The monoisotopic (exact) mass is 1050 g/mol. The molecular formula is C58H62O16S. The minimum atomic E-state index is -3.99. The third kappa shape index (κ3) is 16.0. The van der Waals surface area contributed by atoms with Gasteiger partial charge in [0, 0.05) is 33.0 Å². The second-order valence-electron chi connectivity index (χ2n) is 18.3. The van der Waals surface area contributed by atoms with E-state index >= 15 is 0 Å². The molecule has 75 heavy (non-hydrogen) atoms. The quantitative estimate of drug-likeness (QED) is 0.0307. The van der Waals surface area contributed by atoms with Gasteiger partial charge in [0.05, 0.1) is 63.4 Å². The van der Waals surface area contributed by atoms with Crippen molar-refractivity contribution in [3.05, 3.63) is 185 Å². The zero-order valence-corrected chi connectivity index (χ0v) is 42.9. The van der Waals surface area contributed by atoms with Crippen molar-refractivity contribution in [1.29, 1.82) is 0 Å². The van der Waals surface area contributed by atoms with E-state index < -0.39 is 94.1 Å². The van der Waals surface area contributed by atoms with Crippen LogP contribution in [-0.2, 0) is 57.3 Å². The molecule has 0 aromatic heterocycles. The highest BCUT2D eigenvalue weighted by Crippen LogP contribution is 2.40. The number of hydrogen-bond acceptors (Lipinski definition) is 16. The predicted octanol–water partition coefficient (Wildman–Crippen LogP) is 8.25. The van der Waals surface area contributed by atoms with Crippen LogP contribution in [0.4, 0.5) is 0 Å². The van der Waals surface area contributed by atoms with E-state index in [-0.39, 0.29) is 61.7 Å². The molecule has 17 heteroatoms. The smallest absolute Gasteiger partial charge is 0.338 e. The van der Waals surface area contributed by atoms with Crippen LogP contribution in [0.1, 0.15) is 80.5 Å². The van der Waals surface area contributed by atoms with Crippen molar-refractivity contribution in [3.8, 4) is 0 Å². The second kappa shape index (κ2) is 27.5. The van der Waals surface area contributed by atoms with E-state index in [9.17, 15) is 32.4 Å². The van der Waals surface area contributed by atoms with Crippen LogP contribution in [0, 0.1) is 5.92 Å². The van der Waals surface area contributed by atoms with Crippen molar-refractivity contribution in [2.45, 2.75) is 86.7 Å². The molecule has 0 N–H and O–H groups in total. The molecule has 5 aromatic carbocycles. The van der Waals surface area contributed by atoms with E-state index in [2.05, 4.69) is 0 Å². The molecule has 1 fully saturated rings. The van der Waals surface area contributed by atoms with Gasteiger partial charge in [0.1, 0.15) is 38.6 Å². The first kappa shape index (κ1) is 55.7. The summed E-state index contributed by atoms with van der Waals surface area (Å²) in [7, 11) is -1.17. The number of esters is 5. The van der Waals surface area contributed by atoms with Gasteiger partial charge in [0.15, 0.2) is 9.84 Å². The van der Waals surface area contributed by atoms with Gasteiger partial charge >= 0.3 is 29.8 Å². The third-order valence-corrected chi connectivity index (χ3v) is 14.8. The van der Waals surface area contributed by atoms with Gasteiger partial charge in [-0.15, -0.1) is 0 Å². The van der Waals surface area contributed by atoms with E-state index in [0.717, 1.165) is 5.57 Å². The molecule has 2 aliphatic heterocycles. The molecule has 0 amide bonds. The van der Waals surface area contributed by atoms with Crippen LogP contribution in [-0.4, -0.2) is 127 Å². The van der Waals surface area contributed by atoms with Crippen LogP contribution in [0.2, 0.25) is 0 Å². The minimum absolute atomic E-state index is 0.0505. The first-order chi connectivity index (χ1) is 36.3. The summed E-state index contributed by atoms with van der Waals surface area (Å²) in [5.41, 5.74) is 2.68. The maximum Gasteiger partial charge on any atom is 0.338 e. The van der Waals surface area contributed by atoms with Crippen molar-refractivity contribution in [1.82, 2.24) is 0 Å². The molecule has 16 nitrogen and oxygen atoms in total. The summed E-state index contributed by atoms with van der Waals surface area (Å²) in [6.07, 6.45) is -5.10. The van der Waals surface area contributed by atoms with Crippen LogP contribution in [0.15, 0.2) is 168 Å². The molecule has 396 valence electrons. The molecule has 7 rings (SSSR count). The minimum Gasteiger partial charge on any atom is -0.459 e. The number of ether oxygens (including phenoxy) is 9. The number of methoxy groups -OCH3 is 2. The molecule has 2 unspecified atom stereocenters. The summed E-state index contributed by atoms with van der Waals surface area (Å²) in [5.74, 6) is -4.37. The Bertz CT molecular complexity index is 2790. The summed E-state index contributed by atoms with van der Waals surface area (Å²) >= 11 is 0. The zero-order valence-electron chi connectivity index (χ0n) is 42.1. The molecule has 2 aliphatic rings. The maximum absolute atomic E-state index is 14.3. The number of carbonyl (C=O) groups excluding carboxylic acids is 5. The van der Waals surface area contributed by atoms with Crippen LogP contribution >= 0.6 is 0 Å². The molecule has 0 saturated carbocycles. The van der Waals surface area contributed by atoms with Crippen LogP contribution < -0.4 is 0 Å². The average molecular weight is 1050 g/mol. The number of carbonyl (C=O) groups is 5. The van der Waals surface area contributed by atoms with Gasteiger partial charge in [-0.05, 0) is 92.4 Å². The van der Waals surface area contributed by atoms with Gasteiger partial charge in [0.2, 0.25) is 0 Å². The normalized spacial score (nSPS) is 20.3. The Hall–Kier alpha value is -7.02. The molecule has 0 spiro atoms. The third-order valence-electron chi connectivity index (χ3n) is 13.0. The van der Waals surface area contributed by atoms with E-state index in [1.54, 1.807) is 140 Å². The fraction of sp³-hybridized carbons (Fsp3) is 0.362. The van der Waals surface area contributed by atoms with Gasteiger partial charge in [-0.25, -0.2) is 32.4 Å². The van der Waals surface area contributed by atoms with Crippen molar-refractivity contribution >= 4 is 39.7 Å². The van der Waals surface area contributed by atoms with Crippen LogP contribution in [0.5, 0.6) is 0 Å². The summed E-state index contributed by atoms with van der Waals surface area (Å²) in [6.45, 7) is 0.835. The Balaban J connectivity index is 1.16. The highest BCUT2D eigenvalue weighted by Gasteiger charge is 2.49. The van der Waals surface area contributed by atoms with Crippen molar-refractivity contribution in [2.24, 2.45) is 5.92 Å². The van der Waals surface area contributed by atoms with Crippen molar-refractivity contribution in [2.75, 3.05) is 46.4 Å². The summed E-state index contributed by atoms with van der Waals surface area (Å²) < 4.78 is 82.6. The Morgan fingerprint density at radius 2 is 1.08 bits per heavy atom. The maximum atomic E-state index is 14.3. The zero-order chi connectivity index (χ0) is 53.2. The summed E-state index contributed by atoms with van der Waals surface area (Å²) in [5, 5.41) is 0. The van der Waals surface area contributed by atoms with Gasteiger partial charge in [-0.2, -0.15) is 0 Å². The second-order valence-corrected chi connectivity index (χ2v) is 20.3. The lowest BCUT2D eigenvalue weighted by Crippen LogP contribution is -2.40. The van der Waals surface area contributed by atoms with E-state index in [0.29, 0.717) is 29.5 Å². The fourth-order valence-electron chi connectivity index (χ4n) is 9.24. The lowest BCUT2D eigenvalue weighted by molar-refractivity contribution is -0.147. The molecule has 0 radical (unpaired) electrons. The Labute approximate surface area is 437 Å². The SMILES string of the molecule is COCC(=O)OCC1=C(C)C[C@@H](CCC(COC(=O)c2ccccc2)OC(=O)c2ccccc2)O[C@H]1C[C@@H]1O[C@H](CC(COC(=O)c2ccccc2)OC(=O)c2ccccc2)[C@H](OC)[C@H]1CS(=O)(=O)c1ccccc1. The van der Waals surface area contributed by atoms with Crippen LogP contribution in [0.25, 0.3) is 0 Å². The summed E-state index contributed by atoms with van der Waals surface area (Å²) in [6, 6.07) is 41.6. The average Bonchev–Trinajstić information content (AvgIpc) is 3.74. The highest BCUT2D eigenvalue weighted by molar-refractivity contribution is 7.91. The lowest BCUT2D eigenvalue weighted by atomic mass is 9.87. The van der Waals surface area contributed by atoms with E-state index in [1.807, 2.05) is 6.92 Å². The van der Waals surface area contributed by atoms with E-state index in [4.69, 9.17) is 42.6 Å². The van der Waals surface area contributed by atoms with Gasteiger partial charge in [0.25, 0.3) is 0 Å². The molecule has 2 heterocycles. The first-order valence-corrected chi connectivity index (χ1v) is 26.4. The number of sulfone groups is 1. The molecule has 0 aliphatic carbocycles. The molecule has 8 atom stereocenters. The van der Waals surface area contributed by atoms with Crippen molar-refractivity contribution in [3.63, 3.8) is 0 Å². The highest BCUT2D eigenvalue weighted by atomic mass is 32.2. The Morgan fingerprint density at radius 1 is 0.600 bits per heavy atom. The van der Waals surface area contributed by atoms with Gasteiger partial charge < -0.3 is 42.6 Å². The Morgan fingerprint density at radius 3 is 1.59 bits per heavy atom. The fourth-order valence-corrected chi connectivity index (χ4v) is 10.9. The predicted molar refractivity (Wildman–Crippen MR) is 273 cm³/mol. The first-order valence-electron chi connectivity index (χ1n) is 24.7. The standard InChI is InChI=1S/C58H62O16S/c1-39-31-44(29-30-45(72-57(62)42-23-13-6-14-24-42)34-69-55(60)40-19-9-4-10-20-40)71-50(48(39)36-68-53(59)37-66-2)33-51-49(38-75(64,65)47-27-17-8-18-28-47)54(67-3)52(74-51)32-46(73-58(63)43-25-15-7-16-26-43)35-70-56(61)41-21-11-5-12-22-41/h4-28,44-46,49-52,54H,29-38H2,1-3H3/t44-,45?,46?,49+,50+,51+,52-,54-/m1/s1. The number of benzene rings is 5. The van der Waals surface area contributed by atoms with Gasteiger partial charge in [-0.3, -0.25) is 0 Å². The topological polar surface area (TPSA) is 203 Å². The molecule has 5 aromatic rings. The molecular weight excluding hydrogens is 985 g/mol. The Kier molecular flexibility index (Phi) is 20.4.